The summed E-state index contributed by atoms with van der Waals surface area (Å²) in [4.78, 5) is 0. The number of hydrogen-bond donors (Lipinski definition) is 1. The predicted octanol–water partition coefficient (Wildman–Crippen LogP) is 2.80. The Bertz CT molecular complexity index is 449. The molecule has 1 aromatic rings. The second kappa shape index (κ2) is 4.73. The van der Waals surface area contributed by atoms with Gasteiger partial charge in [-0.3, -0.25) is 4.55 Å². The summed E-state index contributed by atoms with van der Waals surface area (Å²) in [5.41, 5.74) is 0.500. The standard InChI is InChI=1S/C11H15ClO3S/c1-11(2,8-16(13,14)15)7-9-3-5-10(12)6-4-9/h3-6H,7-8H2,1-2H3,(H,13,14,15). The van der Waals surface area contributed by atoms with Gasteiger partial charge in [0, 0.05) is 5.02 Å². The van der Waals surface area contributed by atoms with Gasteiger partial charge in [0.05, 0.1) is 5.75 Å². The van der Waals surface area contributed by atoms with Crippen LogP contribution in [0.15, 0.2) is 24.3 Å². The molecule has 1 aromatic carbocycles. The third kappa shape index (κ3) is 4.96. The average molecular weight is 263 g/mol. The summed E-state index contributed by atoms with van der Waals surface area (Å²) in [5, 5.41) is 0.649. The van der Waals surface area contributed by atoms with Crippen molar-refractivity contribution in [2.45, 2.75) is 20.3 Å². The molecule has 3 nitrogen and oxygen atoms in total. The fraction of sp³-hybridized carbons (Fsp3) is 0.455. The summed E-state index contributed by atoms with van der Waals surface area (Å²) in [6.45, 7) is 3.60. The van der Waals surface area contributed by atoms with Crippen molar-refractivity contribution in [2.24, 2.45) is 5.41 Å². The minimum atomic E-state index is -3.94. The summed E-state index contributed by atoms with van der Waals surface area (Å²) in [6, 6.07) is 7.24. The number of rotatable bonds is 4. The van der Waals surface area contributed by atoms with Crippen LogP contribution >= 0.6 is 11.6 Å². The highest BCUT2D eigenvalue weighted by Crippen LogP contribution is 2.24. The zero-order valence-electron chi connectivity index (χ0n) is 9.27. The first-order valence-corrected chi connectivity index (χ1v) is 6.86. The van der Waals surface area contributed by atoms with Crippen LogP contribution in [0.25, 0.3) is 0 Å². The first kappa shape index (κ1) is 13.5. The van der Waals surface area contributed by atoms with Crippen molar-refractivity contribution in [1.29, 1.82) is 0 Å². The molecule has 0 fully saturated rings. The lowest BCUT2D eigenvalue weighted by Gasteiger charge is -2.22. The zero-order chi connectivity index (χ0) is 12.4. The van der Waals surface area contributed by atoms with Gasteiger partial charge in [-0.1, -0.05) is 37.6 Å². The van der Waals surface area contributed by atoms with Gasteiger partial charge < -0.3 is 0 Å². The fourth-order valence-electron chi connectivity index (χ4n) is 1.70. The molecular formula is C11H15ClO3S. The molecule has 0 unspecified atom stereocenters. The second-order valence-electron chi connectivity index (χ2n) is 4.69. The van der Waals surface area contributed by atoms with Crippen LogP contribution in [0.1, 0.15) is 19.4 Å². The molecular weight excluding hydrogens is 248 g/mol. The van der Waals surface area contributed by atoms with Gasteiger partial charge in [0.25, 0.3) is 10.1 Å². The van der Waals surface area contributed by atoms with Crippen LogP contribution in [0.4, 0.5) is 0 Å². The number of benzene rings is 1. The second-order valence-corrected chi connectivity index (χ2v) is 6.58. The van der Waals surface area contributed by atoms with Crippen molar-refractivity contribution in [3.05, 3.63) is 34.9 Å². The van der Waals surface area contributed by atoms with E-state index >= 15 is 0 Å². The van der Waals surface area contributed by atoms with E-state index in [1.807, 2.05) is 12.1 Å². The van der Waals surface area contributed by atoms with Gasteiger partial charge in [-0.05, 0) is 29.5 Å². The quantitative estimate of drug-likeness (QED) is 0.849. The first-order valence-electron chi connectivity index (χ1n) is 4.88. The highest BCUT2D eigenvalue weighted by atomic mass is 35.5. The first-order chi connectivity index (χ1) is 7.18. The minimum Gasteiger partial charge on any atom is -0.286 e. The van der Waals surface area contributed by atoms with Gasteiger partial charge in [0.2, 0.25) is 0 Å². The smallest absolute Gasteiger partial charge is 0.265 e. The minimum absolute atomic E-state index is 0.247. The SMILES string of the molecule is CC(C)(Cc1ccc(Cl)cc1)CS(=O)(=O)O. The molecule has 0 aromatic heterocycles. The van der Waals surface area contributed by atoms with Crippen LogP contribution < -0.4 is 0 Å². The summed E-state index contributed by atoms with van der Waals surface area (Å²) >= 11 is 5.75. The Morgan fingerprint density at radius 3 is 2.19 bits per heavy atom. The van der Waals surface area contributed by atoms with Crippen molar-refractivity contribution >= 4 is 21.7 Å². The van der Waals surface area contributed by atoms with Gasteiger partial charge in [-0.2, -0.15) is 8.42 Å². The molecule has 0 aliphatic heterocycles. The van der Waals surface area contributed by atoms with Crippen LogP contribution in [0.3, 0.4) is 0 Å². The van der Waals surface area contributed by atoms with Crippen LogP contribution in [-0.2, 0) is 16.5 Å². The summed E-state index contributed by atoms with van der Waals surface area (Å²) < 4.78 is 30.5. The maximum absolute atomic E-state index is 10.8. The van der Waals surface area contributed by atoms with Crippen molar-refractivity contribution < 1.29 is 13.0 Å². The van der Waals surface area contributed by atoms with Crippen LogP contribution in [-0.4, -0.2) is 18.7 Å². The fourth-order valence-corrected chi connectivity index (χ4v) is 2.92. The maximum Gasteiger partial charge on any atom is 0.265 e. The van der Waals surface area contributed by atoms with E-state index in [0.29, 0.717) is 11.4 Å². The normalized spacial score (nSPS) is 12.8. The molecule has 16 heavy (non-hydrogen) atoms. The molecule has 1 rings (SSSR count). The van der Waals surface area contributed by atoms with Crippen molar-refractivity contribution in [1.82, 2.24) is 0 Å². The van der Waals surface area contributed by atoms with Gasteiger partial charge in [0.1, 0.15) is 0 Å². The van der Waals surface area contributed by atoms with Crippen molar-refractivity contribution in [3.63, 3.8) is 0 Å². The van der Waals surface area contributed by atoms with Gasteiger partial charge in [-0.15, -0.1) is 0 Å². The lowest BCUT2D eigenvalue weighted by Crippen LogP contribution is -2.25. The van der Waals surface area contributed by atoms with E-state index in [2.05, 4.69) is 0 Å². The molecule has 0 bridgehead atoms. The highest BCUT2D eigenvalue weighted by Gasteiger charge is 2.25. The van der Waals surface area contributed by atoms with E-state index in [0.717, 1.165) is 5.56 Å². The Morgan fingerprint density at radius 1 is 1.25 bits per heavy atom. The largest absolute Gasteiger partial charge is 0.286 e. The molecule has 90 valence electrons. The van der Waals surface area contributed by atoms with E-state index in [4.69, 9.17) is 16.2 Å². The van der Waals surface area contributed by atoms with Crippen LogP contribution in [0.5, 0.6) is 0 Å². The van der Waals surface area contributed by atoms with Crippen LogP contribution in [0, 0.1) is 5.41 Å². The molecule has 1 N–H and O–H groups in total. The van der Waals surface area contributed by atoms with E-state index < -0.39 is 15.5 Å². The predicted molar refractivity (Wildman–Crippen MR) is 65.4 cm³/mol. The van der Waals surface area contributed by atoms with E-state index in [-0.39, 0.29) is 5.75 Å². The lowest BCUT2D eigenvalue weighted by atomic mass is 9.88. The molecule has 0 atom stereocenters. The molecule has 5 heteroatoms. The average Bonchev–Trinajstić information content (AvgIpc) is 2.04. The Labute approximate surface area is 101 Å². The van der Waals surface area contributed by atoms with Gasteiger partial charge in [-0.25, -0.2) is 0 Å². The number of hydrogen-bond acceptors (Lipinski definition) is 2. The number of halogens is 1. The van der Waals surface area contributed by atoms with Crippen molar-refractivity contribution in [3.8, 4) is 0 Å². The van der Waals surface area contributed by atoms with Gasteiger partial charge >= 0.3 is 0 Å². The summed E-state index contributed by atoms with van der Waals surface area (Å²) in [6.07, 6.45) is 0.573. The third-order valence-corrected chi connectivity index (χ3v) is 3.57. The van der Waals surface area contributed by atoms with Crippen molar-refractivity contribution in [2.75, 3.05) is 5.75 Å². The molecule has 0 aliphatic carbocycles. The Morgan fingerprint density at radius 2 is 1.75 bits per heavy atom. The van der Waals surface area contributed by atoms with E-state index in [1.54, 1.807) is 26.0 Å². The highest BCUT2D eigenvalue weighted by molar-refractivity contribution is 7.85. The summed E-state index contributed by atoms with van der Waals surface area (Å²) in [7, 11) is -3.94. The third-order valence-electron chi connectivity index (χ3n) is 2.17. The molecule has 0 saturated heterocycles. The Kier molecular flexibility index (Phi) is 3.99. The van der Waals surface area contributed by atoms with E-state index in [1.165, 1.54) is 0 Å². The lowest BCUT2D eigenvalue weighted by molar-refractivity contribution is 0.387. The summed E-state index contributed by atoms with van der Waals surface area (Å²) in [5.74, 6) is -0.247. The molecule has 0 amide bonds. The zero-order valence-corrected chi connectivity index (χ0v) is 10.8. The molecule has 0 aliphatic rings. The Hall–Kier alpha value is -0.580. The Balaban J connectivity index is 2.76. The van der Waals surface area contributed by atoms with Crippen LogP contribution in [0.2, 0.25) is 5.02 Å². The monoisotopic (exact) mass is 262 g/mol. The van der Waals surface area contributed by atoms with E-state index in [9.17, 15) is 8.42 Å². The topological polar surface area (TPSA) is 54.4 Å². The molecule has 0 radical (unpaired) electrons. The molecule has 0 spiro atoms. The molecule has 0 saturated carbocycles. The maximum atomic E-state index is 10.8. The molecule has 0 heterocycles. The van der Waals surface area contributed by atoms with Gasteiger partial charge in [0.15, 0.2) is 0 Å².